The van der Waals surface area contributed by atoms with Gasteiger partial charge >= 0.3 is 0 Å². The Morgan fingerprint density at radius 1 is 0.417 bits per heavy atom. The Bertz CT molecular complexity index is 2720. The molecule has 0 saturated heterocycles. The van der Waals surface area contributed by atoms with E-state index >= 15 is 0 Å². The van der Waals surface area contributed by atoms with E-state index in [2.05, 4.69) is 169 Å². The second kappa shape index (κ2) is 9.70. The van der Waals surface area contributed by atoms with Crippen LogP contribution >= 0.6 is 0 Å². The third kappa shape index (κ3) is 3.52. The molecule has 0 amide bonds. The van der Waals surface area contributed by atoms with Gasteiger partial charge in [-0.2, -0.15) is 0 Å². The maximum atomic E-state index is 6.52. The molecule has 2 aliphatic rings. The highest BCUT2D eigenvalue weighted by Gasteiger charge is 2.47. The van der Waals surface area contributed by atoms with Gasteiger partial charge < -0.3 is 9.64 Å². The van der Waals surface area contributed by atoms with Crippen molar-refractivity contribution >= 4 is 54.5 Å². The first-order valence-corrected chi connectivity index (χ1v) is 16.7. The van der Waals surface area contributed by atoms with E-state index in [9.17, 15) is 0 Å². The lowest BCUT2D eigenvalue weighted by molar-refractivity contribution is 0.223. The van der Waals surface area contributed by atoms with Crippen molar-refractivity contribution in [2.45, 2.75) is 12.1 Å². The topological polar surface area (TPSA) is 12.5 Å². The lowest BCUT2D eigenvalue weighted by Crippen LogP contribution is -2.20. The predicted octanol–water partition coefficient (Wildman–Crippen LogP) is 12.4. The third-order valence-electron chi connectivity index (χ3n) is 10.8. The van der Waals surface area contributed by atoms with Crippen LogP contribution < -0.4 is 9.64 Å². The molecule has 2 atom stereocenters. The van der Waals surface area contributed by atoms with Gasteiger partial charge in [0.05, 0.1) is 0 Å². The van der Waals surface area contributed by atoms with E-state index in [1.54, 1.807) is 0 Å². The molecule has 224 valence electrons. The molecule has 0 N–H and O–H groups in total. The van der Waals surface area contributed by atoms with Crippen molar-refractivity contribution in [1.29, 1.82) is 0 Å². The molecule has 9 aromatic carbocycles. The van der Waals surface area contributed by atoms with E-state index in [0.29, 0.717) is 0 Å². The maximum absolute atomic E-state index is 6.52. The van der Waals surface area contributed by atoms with Crippen LogP contribution in [0.25, 0.3) is 65.3 Å². The molecule has 2 unspecified atom stereocenters. The number of hydrogen-bond donors (Lipinski definition) is 0. The van der Waals surface area contributed by atoms with Gasteiger partial charge in [0.1, 0.15) is 11.8 Å². The molecule has 0 aromatic heterocycles. The first kappa shape index (κ1) is 26.0. The van der Waals surface area contributed by atoms with Crippen LogP contribution in [0.1, 0.15) is 23.3 Å². The number of hydrogen-bond acceptors (Lipinski definition) is 2. The van der Waals surface area contributed by atoms with Gasteiger partial charge in [0.25, 0.3) is 0 Å². The fourth-order valence-corrected chi connectivity index (χ4v) is 8.65. The minimum absolute atomic E-state index is 0.00500. The number of anilines is 2. The van der Waals surface area contributed by atoms with E-state index in [-0.39, 0.29) is 12.1 Å². The average molecular weight is 612 g/mol. The minimum Gasteiger partial charge on any atom is -0.483 e. The van der Waals surface area contributed by atoms with Crippen molar-refractivity contribution in [1.82, 2.24) is 0 Å². The summed E-state index contributed by atoms with van der Waals surface area (Å²) in [5.41, 5.74) is 9.94. The molecular weight excluding hydrogens is 583 g/mol. The van der Waals surface area contributed by atoms with Crippen LogP contribution in [-0.4, -0.2) is 0 Å². The van der Waals surface area contributed by atoms with E-state index < -0.39 is 0 Å². The van der Waals surface area contributed by atoms with Gasteiger partial charge in [0.15, 0.2) is 6.10 Å². The maximum Gasteiger partial charge on any atom is 0.151 e. The number of rotatable bonds is 3. The van der Waals surface area contributed by atoms with Gasteiger partial charge in [-0.05, 0) is 89.6 Å². The first-order valence-electron chi connectivity index (χ1n) is 16.7. The summed E-state index contributed by atoms with van der Waals surface area (Å²) in [4.78, 5) is 2.47. The molecule has 48 heavy (non-hydrogen) atoms. The Kier molecular flexibility index (Phi) is 5.25. The highest BCUT2D eigenvalue weighted by atomic mass is 16.5. The summed E-state index contributed by atoms with van der Waals surface area (Å²) in [6.45, 7) is 0. The van der Waals surface area contributed by atoms with Crippen molar-refractivity contribution in [3.05, 3.63) is 175 Å². The van der Waals surface area contributed by atoms with Gasteiger partial charge in [-0.25, -0.2) is 0 Å². The lowest BCUT2D eigenvalue weighted by Gasteiger charge is -2.27. The first-order chi connectivity index (χ1) is 23.8. The number of nitrogens with zero attached hydrogens (tertiary/aromatic N) is 1. The fourth-order valence-electron chi connectivity index (χ4n) is 8.65. The van der Waals surface area contributed by atoms with Crippen LogP contribution in [0.3, 0.4) is 0 Å². The van der Waals surface area contributed by atoms with Crippen molar-refractivity contribution in [2.75, 3.05) is 4.90 Å². The number of benzene rings is 9. The molecule has 0 fully saturated rings. The number of para-hydroxylation sites is 2. The van der Waals surface area contributed by atoms with E-state index in [1.807, 2.05) is 0 Å². The molecule has 0 radical (unpaired) electrons. The zero-order valence-corrected chi connectivity index (χ0v) is 26.1. The van der Waals surface area contributed by atoms with Gasteiger partial charge in [0.2, 0.25) is 0 Å². The molecule has 9 aromatic rings. The van der Waals surface area contributed by atoms with E-state index in [0.717, 1.165) is 5.75 Å². The molecule has 2 heterocycles. The van der Waals surface area contributed by atoms with Crippen LogP contribution in [0.2, 0.25) is 0 Å². The Morgan fingerprint density at radius 2 is 1.04 bits per heavy atom. The Labute approximate surface area is 278 Å². The second-order valence-electron chi connectivity index (χ2n) is 13.2. The molecule has 2 heteroatoms. The Hall–Kier alpha value is -6.12. The summed E-state index contributed by atoms with van der Waals surface area (Å²) in [5, 5.41) is 10.4. The van der Waals surface area contributed by atoms with Gasteiger partial charge in [0, 0.05) is 22.5 Å². The standard InChI is InChI=1S/C46H29NO/c1-2-10-33-28(8-1)9-7-13-35(33)36-25-19-31-20-26-37-34(24-18-30-21-27-38(36)44(31)43(30)37)29-16-22-32(23-17-29)47-41-14-5-3-11-39(41)46-45(47)40-12-4-6-15-42(40)48-46/h1-27,45-46H. The van der Waals surface area contributed by atoms with Crippen molar-refractivity contribution in [3.63, 3.8) is 0 Å². The van der Waals surface area contributed by atoms with Crippen LogP contribution in [0.4, 0.5) is 11.4 Å². The summed E-state index contributed by atoms with van der Waals surface area (Å²) in [6, 6.07) is 60.2. The molecule has 2 nitrogen and oxygen atoms in total. The average Bonchev–Trinajstić information content (AvgIpc) is 3.68. The molecule has 0 spiro atoms. The zero-order valence-electron chi connectivity index (χ0n) is 26.1. The van der Waals surface area contributed by atoms with Crippen LogP contribution in [-0.2, 0) is 0 Å². The third-order valence-corrected chi connectivity index (χ3v) is 10.8. The summed E-state index contributed by atoms with van der Waals surface area (Å²) in [6.07, 6.45) is -0.00500. The molecular formula is C46H29NO. The highest BCUT2D eigenvalue weighted by molar-refractivity contribution is 6.28. The molecule has 2 aliphatic heterocycles. The molecule has 11 rings (SSSR count). The summed E-state index contributed by atoms with van der Waals surface area (Å²) in [5.74, 6) is 0.987. The summed E-state index contributed by atoms with van der Waals surface area (Å²) in [7, 11) is 0. The lowest BCUT2D eigenvalue weighted by atomic mass is 9.86. The number of fused-ring (bicyclic) bond motifs is 6. The molecule has 0 aliphatic carbocycles. The van der Waals surface area contributed by atoms with Crippen LogP contribution in [0.5, 0.6) is 5.75 Å². The minimum atomic E-state index is -0.00500. The largest absolute Gasteiger partial charge is 0.483 e. The summed E-state index contributed by atoms with van der Waals surface area (Å²) < 4.78 is 6.52. The smallest absolute Gasteiger partial charge is 0.151 e. The van der Waals surface area contributed by atoms with Gasteiger partial charge in [-0.1, -0.05) is 140 Å². The van der Waals surface area contributed by atoms with Gasteiger partial charge in [-0.3, -0.25) is 0 Å². The van der Waals surface area contributed by atoms with Crippen molar-refractivity contribution in [2.24, 2.45) is 0 Å². The second-order valence-corrected chi connectivity index (χ2v) is 13.2. The quantitative estimate of drug-likeness (QED) is 0.184. The van der Waals surface area contributed by atoms with Crippen LogP contribution in [0.15, 0.2) is 164 Å². The highest BCUT2D eigenvalue weighted by Crippen LogP contribution is 2.58. The Morgan fingerprint density at radius 3 is 1.88 bits per heavy atom. The number of ether oxygens (including phenoxy) is 1. The molecule has 0 saturated carbocycles. The van der Waals surface area contributed by atoms with E-state index in [1.165, 1.54) is 87.8 Å². The normalized spacial score (nSPS) is 16.5. The van der Waals surface area contributed by atoms with E-state index in [4.69, 9.17) is 4.74 Å². The monoisotopic (exact) mass is 611 g/mol. The van der Waals surface area contributed by atoms with Crippen LogP contribution in [0, 0.1) is 0 Å². The fraction of sp³-hybridized carbons (Fsp3) is 0.0435. The zero-order chi connectivity index (χ0) is 31.3. The SMILES string of the molecule is c1ccc2c(c1)OC1c3ccccc3N(c3ccc(-c4ccc5ccc6c(-c7cccc8ccccc78)ccc7ccc4c5c76)cc3)C21. The molecule has 0 bridgehead atoms. The van der Waals surface area contributed by atoms with Crippen molar-refractivity contribution in [3.8, 4) is 28.0 Å². The Balaban J connectivity index is 1.06. The summed E-state index contributed by atoms with van der Waals surface area (Å²) >= 11 is 0. The van der Waals surface area contributed by atoms with Crippen molar-refractivity contribution < 1.29 is 4.74 Å². The van der Waals surface area contributed by atoms with Gasteiger partial charge in [-0.15, -0.1) is 0 Å². The predicted molar refractivity (Wildman–Crippen MR) is 200 cm³/mol.